The zero-order valence-electron chi connectivity index (χ0n) is 11.5. The molecule has 0 bridgehead atoms. The van der Waals surface area contributed by atoms with Crippen molar-refractivity contribution in [3.05, 3.63) is 63.2 Å². The van der Waals surface area contributed by atoms with Crippen molar-refractivity contribution >= 4 is 11.7 Å². The molecular weight excluding hydrogens is 274 g/mol. The maximum absolute atomic E-state index is 11.2. The number of benzene rings is 2. The highest BCUT2D eigenvalue weighted by Crippen LogP contribution is 2.32. The third kappa shape index (κ3) is 3.00. The molecule has 1 N–H and O–H groups in total. The molecule has 0 saturated carbocycles. The zero-order valence-corrected chi connectivity index (χ0v) is 11.5. The summed E-state index contributed by atoms with van der Waals surface area (Å²) in [6.07, 6.45) is 0. The van der Waals surface area contributed by atoms with Crippen LogP contribution in [0.3, 0.4) is 0 Å². The van der Waals surface area contributed by atoms with E-state index in [1.165, 1.54) is 12.1 Å². The number of aromatic carboxylic acids is 1. The van der Waals surface area contributed by atoms with Crippen LogP contribution in [0, 0.1) is 24.0 Å². The first-order chi connectivity index (χ1) is 9.90. The van der Waals surface area contributed by atoms with Gasteiger partial charge in [-0.3, -0.25) is 10.1 Å². The predicted molar refractivity (Wildman–Crippen MR) is 76.0 cm³/mol. The Morgan fingerprint density at radius 3 is 2.52 bits per heavy atom. The fourth-order valence-corrected chi connectivity index (χ4v) is 1.92. The van der Waals surface area contributed by atoms with Gasteiger partial charge in [0.1, 0.15) is 17.1 Å². The summed E-state index contributed by atoms with van der Waals surface area (Å²) in [5.41, 5.74) is 1.09. The molecule has 0 amide bonds. The quantitative estimate of drug-likeness (QED) is 0.684. The minimum absolute atomic E-state index is 0.0122. The molecule has 108 valence electrons. The molecule has 0 spiro atoms. The fraction of sp³-hybridized carbons (Fsp3) is 0.133. The van der Waals surface area contributed by atoms with Crippen LogP contribution in [0.15, 0.2) is 36.4 Å². The average Bonchev–Trinajstić information content (AvgIpc) is 2.42. The SMILES string of the molecule is Cc1ccc(Oc2c(C)cccc2C(=O)O)cc1[N+](=O)[O-]. The summed E-state index contributed by atoms with van der Waals surface area (Å²) >= 11 is 0. The molecule has 0 unspecified atom stereocenters. The van der Waals surface area contributed by atoms with Gasteiger partial charge in [-0.15, -0.1) is 0 Å². The lowest BCUT2D eigenvalue weighted by molar-refractivity contribution is -0.385. The van der Waals surface area contributed by atoms with Crippen molar-refractivity contribution < 1.29 is 19.6 Å². The number of carboxylic acid groups (broad SMARTS) is 1. The van der Waals surface area contributed by atoms with Crippen LogP contribution in [0.5, 0.6) is 11.5 Å². The maximum Gasteiger partial charge on any atom is 0.339 e. The van der Waals surface area contributed by atoms with Crippen LogP contribution >= 0.6 is 0 Å². The van der Waals surface area contributed by atoms with Crippen molar-refractivity contribution in [2.24, 2.45) is 0 Å². The molecule has 0 aliphatic carbocycles. The molecule has 0 aromatic heterocycles. The molecular formula is C15H13NO5. The second-order valence-electron chi connectivity index (χ2n) is 4.56. The summed E-state index contributed by atoms with van der Waals surface area (Å²) in [4.78, 5) is 21.6. The van der Waals surface area contributed by atoms with Gasteiger partial charge < -0.3 is 9.84 Å². The van der Waals surface area contributed by atoms with E-state index in [0.29, 0.717) is 11.1 Å². The third-order valence-electron chi connectivity index (χ3n) is 3.04. The molecule has 2 aromatic carbocycles. The second kappa shape index (κ2) is 5.62. The van der Waals surface area contributed by atoms with E-state index in [4.69, 9.17) is 9.84 Å². The van der Waals surface area contributed by atoms with E-state index in [2.05, 4.69) is 0 Å². The van der Waals surface area contributed by atoms with Crippen LogP contribution in [0.1, 0.15) is 21.5 Å². The Bertz CT molecular complexity index is 724. The number of carbonyl (C=O) groups is 1. The highest BCUT2D eigenvalue weighted by atomic mass is 16.6. The zero-order chi connectivity index (χ0) is 15.6. The molecule has 2 rings (SSSR count). The minimum atomic E-state index is -1.12. The van der Waals surface area contributed by atoms with E-state index in [0.717, 1.165) is 0 Å². The molecule has 0 saturated heterocycles. The summed E-state index contributed by atoms with van der Waals surface area (Å²) in [7, 11) is 0. The molecule has 0 heterocycles. The van der Waals surface area contributed by atoms with Crippen LogP contribution in [-0.4, -0.2) is 16.0 Å². The lowest BCUT2D eigenvalue weighted by Crippen LogP contribution is -2.02. The van der Waals surface area contributed by atoms with Crippen molar-refractivity contribution in [2.45, 2.75) is 13.8 Å². The number of ether oxygens (including phenoxy) is 1. The van der Waals surface area contributed by atoms with E-state index in [1.807, 2.05) is 0 Å². The van der Waals surface area contributed by atoms with E-state index < -0.39 is 10.9 Å². The molecule has 21 heavy (non-hydrogen) atoms. The summed E-state index contributed by atoms with van der Waals surface area (Å²) < 4.78 is 5.56. The lowest BCUT2D eigenvalue weighted by atomic mass is 10.1. The number of hydrogen-bond acceptors (Lipinski definition) is 4. The maximum atomic E-state index is 11.2. The molecule has 2 aromatic rings. The average molecular weight is 287 g/mol. The van der Waals surface area contributed by atoms with Crippen molar-refractivity contribution in [1.29, 1.82) is 0 Å². The Morgan fingerprint density at radius 1 is 1.19 bits per heavy atom. The van der Waals surface area contributed by atoms with Crippen LogP contribution < -0.4 is 4.74 Å². The molecule has 0 aliphatic rings. The molecule has 0 fully saturated rings. The normalized spacial score (nSPS) is 10.2. The Hall–Kier alpha value is -2.89. The van der Waals surface area contributed by atoms with Crippen molar-refractivity contribution in [1.82, 2.24) is 0 Å². The predicted octanol–water partition coefficient (Wildman–Crippen LogP) is 3.70. The van der Waals surface area contributed by atoms with Gasteiger partial charge in [0.05, 0.1) is 11.0 Å². The summed E-state index contributed by atoms with van der Waals surface area (Å²) in [6.45, 7) is 3.34. The summed E-state index contributed by atoms with van der Waals surface area (Å²) in [6, 6.07) is 9.17. The van der Waals surface area contributed by atoms with Crippen molar-refractivity contribution in [2.75, 3.05) is 0 Å². The summed E-state index contributed by atoms with van der Waals surface area (Å²) in [5.74, 6) is -0.706. The fourth-order valence-electron chi connectivity index (χ4n) is 1.92. The van der Waals surface area contributed by atoms with Crippen LogP contribution in [0.2, 0.25) is 0 Å². The largest absolute Gasteiger partial charge is 0.478 e. The first-order valence-electron chi connectivity index (χ1n) is 6.16. The molecule has 0 aliphatic heterocycles. The number of nitro groups is 1. The van der Waals surface area contributed by atoms with Crippen molar-refractivity contribution in [3.8, 4) is 11.5 Å². The number of hydrogen-bond donors (Lipinski definition) is 1. The first-order valence-corrected chi connectivity index (χ1v) is 6.16. The van der Waals surface area contributed by atoms with Crippen molar-refractivity contribution in [3.63, 3.8) is 0 Å². The number of para-hydroxylation sites is 1. The first kappa shape index (κ1) is 14.5. The molecule has 6 nitrogen and oxygen atoms in total. The minimum Gasteiger partial charge on any atom is -0.478 e. The number of nitrogens with zero attached hydrogens (tertiary/aromatic N) is 1. The Morgan fingerprint density at radius 2 is 1.90 bits per heavy atom. The van der Waals surface area contributed by atoms with Gasteiger partial charge in [0.2, 0.25) is 0 Å². The van der Waals surface area contributed by atoms with Gasteiger partial charge in [-0.2, -0.15) is 0 Å². The molecule has 0 radical (unpaired) electrons. The smallest absolute Gasteiger partial charge is 0.339 e. The number of nitro benzene ring substituents is 1. The van der Waals surface area contributed by atoms with Crippen LogP contribution in [-0.2, 0) is 0 Å². The number of rotatable bonds is 4. The Kier molecular flexibility index (Phi) is 3.89. The van der Waals surface area contributed by atoms with Gasteiger partial charge in [-0.05, 0) is 37.6 Å². The monoisotopic (exact) mass is 287 g/mol. The number of carboxylic acids is 1. The van der Waals surface area contributed by atoms with Gasteiger partial charge in [-0.25, -0.2) is 4.79 Å². The highest BCUT2D eigenvalue weighted by molar-refractivity contribution is 5.91. The van der Waals surface area contributed by atoms with Gasteiger partial charge in [0, 0.05) is 5.56 Å². The second-order valence-corrected chi connectivity index (χ2v) is 4.56. The number of aryl methyl sites for hydroxylation is 2. The van der Waals surface area contributed by atoms with Crippen LogP contribution in [0.25, 0.3) is 0 Å². The van der Waals surface area contributed by atoms with E-state index >= 15 is 0 Å². The Balaban J connectivity index is 2.46. The standard InChI is InChI=1S/C15H13NO5/c1-9-6-7-11(8-13(9)16(19)20)21-14-10(2)4-3-5-12(14)15(17)18/h3-8H,1-2H3,(H,17,18). The van der Waals surface area contributed by atoms with Gasteiger partial charge >= 0.3 is 5.97 Å². The third-order valence-corrected chi connectivity index (χ3v) is 3.04. The topological polar surface area (TPSA) is 89.7 Å². The van der Waals surface area contributed by atoms with Gasteiger partial charge in [0.15, 0.2) is 0 Å². The van der Waals surface area contributed by atoms with Gasteiger partial charge in [0.25, 0.3) is 5.69 Å². The molecule has 0 atom stereocenters. The Labute approximate surface area is 120 Å². The molecule has 6 heteroatoms. The lowest BCUT2D eigenvalue weighted by Gasteiger charge is -2.11. The van der Waals surface area contributed by atoms with Crippen LogP contribution in [0.4, 0.5) is 5.69 Å². The van der Waals surface area contributed by atoms with E-state index in [9.17, 15) is 14.9 Å². The van der Waals surface area contributed by atoms with E-state index in [1.54, 1.807) is 38.1 Å². The summed E-state index contributed by atoms with van der Waals surface area (Å²) in [5, 5.41) is 20.1. The van der Waals surface area contributed by atoms with E-state index in [-0.39, 0.29) is 22.7 Å². The van der Waals surface area contributed by atoms with Gasteiger partial charge in [-0.1, -0.05) is 12.1 Å². The highest BCUT2D eigenvalue weighted by Gasteiger charge is 2.16.